The molecule has 12 unspecified atom stereocenters. The van der Waals surface area contributed by atoms with E-state index in [1.165, 1.54) is 283 Å². The maximum absolute atomic E-state index is 13.4. The summed E-state index contributed by atoms with van der Waals surface area (Å²) < 4.78 is 22.9. The number of nitrogens with one attached hydrogen (secondary N) is 1. The van der Waals surface area contributed by atoms with E-state index in [9.17, 15) is 45.6 Å². The maximum atomic E-state index is 13.4. The number of aliphatic hydroxyl groups is 8. The Morgan fingerprint density at radius 2 is 0.704 bits per heavy atom. The first-order valence-corrected chi connectivity index (χ1v) is 41.5. The molecule has 2 aliphatic rings. The number of allylic oxidation sites excluding steroid dienone is 9. The summed E-state index contributed by atoms with van der Waals surface area (Å²) in [5, 5.41) is 87.7. The largest absolute Gasteiger partial charge is 0.394 e. The molecular formula is C84H155NO13. The van der Waals surface area contributed by atoms with E-state index < -0.39 is 86.8 Å². The summed E-state index contributed by atoms with van der Waals surface area (Å²) in [7, 11) is 0. The van der Waals surface area contributed by atoms with Gasteiger partial charge in [-0.2, -0.15) is 0 Å². The smallest absolute Gasteiger partial charge is 0.220 e. The van der Waals surface area contributed by atoms with Crippen molar-refractivity contribution in [1.29, 1.82) is 0 Å². The van der Waals surface area contributed by atoms with Gasteiger partial charge in [0, 0.05) is 6.42 Å². The van der Waals surface area contributed by atoms with Gasteiger partial charge in [0.25, 0.3) is 0 Å². The molecule has 2 fully saturated rings. The second-order valence-electron chi connectivity index (χ2n) is 29.2. The Hall–Kier alpha value is -2.31. The third kappa shape index (κ3) is 50.2. The SMILES string of the molecule is CC/C=C\C/C=C\C/C=C\C/C=C\CCCCCCCCCCCCCCCCCCCCCCCCCCC(=O)NC(COC1OC(CO)C(OC2OC(CO)C(O)C(O)C2O)C(O)C1O)C(O)/C=C/CCCCCCCCCCCCCCCCCCCCCCCCCCC. The summed E-state index contributed by atoms with van der Waals surface area (Å²) in [6.45, 7) is 2.75. The van der Waals surface area contributed by atoms with Crippen molar-refractivity contribution in [3.8, 4) is 0 Å². The van der Waals surface area contributed by atoms with Gasteiger partial charge in [0.05, 0.1) is 32.0 Å². The van der Waals surface area contributed by atoms with Gasteiger partial charge in [-0.15, -0.1) is 0 Å². The first-order valence-electron chi connectivity index (χ1n) is 41.5. The van der Waals surface area contributed by atoms with Crippen molar-refractivity contribution in [3.05, 3.63) is 60.8 Å². The zero-order valence-corrected chi connectivity index (χ0v) is 63.0. The van der Waals surface area contributed by atoms with E-state index in [4.69, 9.17) is 18.9 Å². The number of rotatable bonds is 70. The summed E-state index contributed by atoms with van der Waals surface area (Å²) in [4.78, 5) is 13.4. The molecule has 14 heteroatoms. The summed E-state index contributed by atoms with van der Waals surface area (Å²) >= 11 is 0. The first kappa shape index (κ1) is 91.8. The predicted octanol–water partition coefficient (Wildman–Crippen LogP) is 19.1. The first-order chi connectivity index (χ1) is 48.1. The lowest BCUT2D eigenvalue weighted by atomic mass is 9.97. The molecule has 2 saturated heterocycles. The van der Waals surface area contributed by atoms with E-state index >= 15 is 0 Å². The molecule has 0 aromatic rings. The highest BCUT2D eigenvalue weighted by Crippen LogP contribution is 2.30. The number of hydrogen-bond acceptors (Lipinski definition) is 13. The van der Waals surface area contributed by atoms with Crippen LogP contribution in [0.5, 0.6) is 0 Å². The van der Waals surface area contributed by atoms with Crippen LogP contribution in [0.3, 0.4) is 0 Å². The van der Waals surface area contributed by atoms with E-state index in [2.05, 4.69) is 67.8 Å². The normalized spacial score (nSPS) is 22.3. The lowest BCUT2D eigenvalue weighted by Crippen LogP contribution is -2.65. The standard InChI is InChI=1S/C84H155NO13/c1-3-5-7-9-11-13-15-17-19-21-23-25-27-29-31-32-33-34-35-36-37-38-39-40-42-44-46-48-50-52-54-56-58-60-62-64-66-68-76(89)85-72(71-95-83-81(94)79(92)82(75(70-87)97-83)98-84-80(93)78(91)77(90)74(69-86)96-84)73(88)67-65-63-61-59-57-55-53-51-49-47-45-43-41-30-28-26-24-22-20-18-16-14-12-10-8-6-4-2/h5,7,11,13,17,19,23,25,65,67,72-75,77-84,86-88,90-94H,3-4,6,8-10,12,14-16,18,20-22,24,26-64,66,68-71H2,1-2H3,(H,85,89)/b7-5-,13-11-,19-17-,25-23-,67-65+. The molecule has 12 atom stereocenters. The Labute approximate surface area is 600 Å². The van der Waals surface area contributed by atoms with Crippen LogP contribution >= 0.6 is 0 Å². The molecule has 0 aromatic carbocycles. The van der Waals surface area contributed by atoms with Crippen molar-refractivity contribution >= 4 is 5.91 Å². The van der Waals surface area contributed by atoms with Gasteiger partial charge < -0.3 is 65.1 Å². The number of ether oxygens (including phenoxy) is 4. The predicted molar refractivity (Wildman–Crippen MR) is 406 cm³/mol. The molecule has 0 radical (unpaired) electrons. The molecular weight excluding hydrogens is 1230 g/mol. The van der Waals surface area contributed by atoms with Crippen LogP contribution in [0.1, 0.15) is 373 Å². The summed E-state index contributed by atoms with van der Waals surface area (Å²) in [6, 6.07) is -0.916. The van der Waals surface area contributed by atoms with Crippen LogP contribution in [-0.2, 0) is 23.7 Å². The van der Waals surface area contributed by atoms with Crippen LogP contribution in [0.25, 0.3) is 0 Å². The van der Waals surface area contributed by atoms with Crippen molar-refractivity contribution in [2.75, 3.05) is 19.8 Å². The average molecular weight is 1390 g/mol. The minimum Gasteiger partial charge on any atom is -0.394 e. The topological polar surface area (TPSA) is 228 Å². The Morgan fingerprint density at radius 3 is 1.08 bits per heavy atom. The summed E-state index contributed by atoms with van der Waals surface area (Å²) in [5.41, 5.74) is 0. The van der Waals surface area contributed by atoms with Gasteiger partial charge in [-0.1, -0.05) is 370 Å². The molecule has 2 heterocycles. The fraction of sp³-hybridized carbons (Fsp3) is 0.869. The molecule has 0 saturated carbocycles. The zero-order valence-electron chi connectivity index (χ0n) is 63.0. The van der Waals surface area contributed by atoms with Gasteiger partial charge in [-0.3, -0.25) is 4.79 Å². The molecule has 0 aromatic heterocycles. The van der Waals surface area contributed by atoms with Crippen LogP contribution in [0, 0.1) is 0 Å². The van der Waals surface area contributed by atoms with Crippen molar-refractivity contribution in [1.82, 2.24) is 5.32 Å². The third-order valence-electron chi connectivity index (χ3n) is 20.2. The fourth-order valence-corrected chi connectivity index (χ4v) is 13.7. The summed E-state index contributed by atoms with van der Waals surface area (Å²) in [6.07, 6.45) is 76.0. The van der Waals surface area contributed by atoms with Crippen molar-refractivity contribution in [2.24, 2.45) is 0 Å². The Morgan fingerprint density at radius 1 is 0.378 bits per heavy atom. The Balaban J connectivity index is 1.58. The second-order valence-corrected chi connectivity index (χ2v) is 29.2. The number of amides is 1. The molecule has 0 bridgehead atoms. The van der Waals surface area contributed by atoms with Crippen LogP contribution in [0.2, 0.25) is 0 Å². The highest BCUT2D eigenvalue weighted by atomic mass is 16.7. The highest BCUT2D eigenvalue weighted by Gasteiger charge is 2.51. The molecule has 98 heavy (non-hydrogen) atoms. The van der Waals surface area contributed by atoms with E-state index in [0.29, 0.717) is 6.42 Å². The number of unbranched alkanes of at least 4 members (excludes halogenated alkanes) is 49. The second kappa shape index (κ2) is 67.8. The number of aliphatic hydroxyl groups excluding tert-OH is 8. The quantitative estimate of drug-likeness (QED) is 0.0204. The third-order valence-corrected chi connectivity index (χ3v) is 20.2. The average Bonchev–Trinajstić information content (AvgIpc) is 0.793. The van der Waals surface area contributed by atoms with E-state index in [0.717, 1.165) is 64.2 Å². The molecule has 2 rings (SSSR count). The minimum absolute atomic E-state index is 0.232. The van der Waals surface area contributed by atoms with Gasteiger partial charge in [0.1, 0.15) is 48.8 Å². The fourth-order valence-electron chi connectivity index (χ4n) is 13.7. The number of carbonyl (C=O) groups is 1. The lowest BCUT2D eigenvalue weighted by molar-refractivity contribution is -0.359. The van der Waals surface area contributed by atoms with Crippen molar-refractivity contribution in [3.63, 3.8) is 0 Å². The van der Waals surface area contributed by atoms with Gasteiger partial charge in [0.2, 0.25) is 5.91 Å². The molecule has 9 N–H and O–H groups in total. The van der Waals surface area contributed by atoms with Crippen LogP contribution in [-0.4, -0.2) is 140 Å². The Bertz CT molecular complexity index is 1880. The van der Waals surface area contributed by atoms with Crippen molar-refractivity contribution in [2.45, 2.75) is 447 Å². The minimum atomic E-state index is -1.79. The van der Waals surface area contributed by atoms with Gasteiger partial charge in [0.15, 0.2) is 12.6 Å². The van der Waals surface area contributed by atoms with Gasteiger partial charge in [-0.25, -0.2) is 0 Å². The summed E-state index contributed by atoms with van der Waals surface area (Å²) in [5.74, 6) is -0.232. The lowest BCUT2D eigenvalue weighted by Gasteiger charge is -2.46. The number of carbonyl (C=O) groups excluding carboxylic acids is 1. The van der Waals surface area contributed by atoms with E-state index in [1.54, 1.807) is 6.08 Å². The maximum Gasteiger partial charge on any atom is 0.220 e. The Kier molecular flexibility index (Phi) is 63.5. The molecule has 2 aliphatic heterocycles. The van der Waals surface area contributed by atoms with Gasteiger partial charge >= 0.3 is 0 Å². The van der Waals surface area contributed by atoms with Gasteiger partial charge in [-0.05, 0) is 57.8 Å². The van der Waals surface area contributed by atoms with Crippen molar-refractivity contribution < 1.29 is 64.6 Å². The zero-order chi connectivity index (χ0) is 70.8. The van der Waals surface area contributed by atoms with E-state index in [-0.39, 0.29) is 18.9 Å². The molecule has 574 valence electrons. The molecule has 0 aliphatic carbocycles. The molecule has 14 nitrogen and oxygen atoms in total. The monoisotopic (exact) mass is 1390 g/mol. The van der Waals surface area contributed by atoms with Crippen LogP contribution in [0.15, 0.2) is 60.8 Å². The number of hydrogen-bond donors (Lipinski definition) is 9. The van der Waals surface area contributed by atoms with E-state index in [1.807, 2.05) is 6.08 Å². The van der Waals surface area contributed by atoms with Crippen LogP contribution < -0.4 is 5.32 Å². The molecule has 0 spiro atoms. The molecule has 1 amide bonds. The highest BCUT2D eigenvalue weighted by molar-refractivity contribution is 5.76. The van der Waals surface area contributed by atoms with Crippen LogP contribution in [0.4, 0.5) is 0 Å².